The molecule has 0 unspecified atom stereocenters. The summed E-state index contributed by atoms with van der Waals surface area (Å²) in [7, 11) is 0. The molecule has 0 atom stereocenters. The standard InChI is InChI=1S/C10H13ClN2O4/c11-8-7(2-1-3-12-8)9(17)13-10(4-14,5-15)6-16/h1-3,14-16H,4-6H2,(H,13,17). The molecule has 94 valence electrons. The molecule has 0 saturated heterocycles. The third kappa shape index (κ3) is 3.13. The molecule has 7 heteroatoms. The summed E-state index contributed by atoms with van der Waals surface area (Å²) in [6.07, 6.45) is 1.43. The van der Waals surface area contributed by atoms with Gasteiger partial charge in [-0.25, -0.2) is 4.98 Å². The number of hydrogen-bond acceptors (Lipinski definition) is 5. The minimum absolute atomic E-state index is 0.00715. The molecule has 6 nitrogen and oxygen atoms in total. The van der Waals surface area contributed by atoms with Crippen molar-refractivity contribution < 1.29 is 20.1 Å². The summed E-state index contributed by atoms with van der Waals surface area (Å²) >= 11 is 5.72. The van der Waals surface area contributed by atoms with E-state index in [4.69, 9.17) is 26.9 Å². The maximum absolute atomic E-state index is 11.8. The molecular formula is C10H13ClN2O4. The van der Waals surface area contributed by atoms with Crippen LogP contribution in [0.4, 0.5) is 0 Å². The van der Waals surface area contributed by atoms with E-state index in [9.17, 15) is 4.79 Å². The first-order valence-electron chi connectivity index (χ1n) is 4.84. The number of halogens is 1. The minimum atomic E-state index is -1.48. The van der Waals surface area contributed by atoms with E-state index in [0.717, 1.165) is 0 Å². The second-order valence-corrected chi connectivity index (χ2v) is 3.91. The Morgan fingerprint density at radius 1 is 1.35 bits per heavy atom. The Morgan fingerprint density at radius 3 is 2.41 bits per heavy atom. The highest BCUT2D eigenvalue weighted by molar-refractivity contribution is 6.32. The molecule has 0 aromatic carbocycles. The molecule has 0 bridgehead atoms. The van der Waals surface area contributed by atoms with Crippen LogP contribution < -0.4 is 5.32 Å². The van der Waals surface area contributed by atoms with Gasteiger partial charge >= 0.3 is 0 Å². The Kier molecular flexibility index (Phi) is 4.83. The van der Waals surface area contributed by atoms with Crippen LogP contribution in [0.3, 0.4) is 0 Å². The Labute approximate surface area is 103 Å². The number of pyridine rings is 1. The van der Waals surface area contributed by atoms with Crippen molar-refractivity contribution in [3.05, 3.63) is 29.0 Å². The predicted octanol–water partition coefficient (Wildman–Crippen LogP) is -0.819. The molecule has 0 radical (unpaired) electrons. The summed E-state index contributed by atoms with van der Waals surface area (Å²) in [4.78, 5) is 15.5. The van der Waals surface area contributed by atoms with Crippen LogP contribution in [0.25, 0.3) is 0 Å². The molecule has 1 rings (SSSR count). The monoisotopic (exact) mass is 260 g/mol. The number of nitrogens with one attached hydrogen (secondary N) is 1. The van der Waals surface area contributed by atoms with Crippen LogP contribution in [-0.2, 0) is 0 Å². The summed E-state index contributed by atoms with van der Waals surface area (Å²) in [5.74, 6) is -0.625. The minimum Gasteiger partial charge on any atom is -0.394 e. The van der Waals surface area contributed by atoms with Crippen molar-refractivity contribution >= 4 is 17.5 Å². The van der Waals surface area contributed by atoms with Gasteiger partial charge in [-0.15, -0.1) is 0 Å². The summed E-state index contributed by atoms with van der Waals surface area (Å²) in [6.45, 7) is -1.78. The summed E-state index contributed by atoms with van der Waals surface area (Å²) in [6, 6.07) is 2.97. The van der Waals surface area contributed by atoms with Crippen LogP contribution in [0.1, 0.15) is 10.4 Å². The van der Waals surface area contributed by atoms with E-state index in [0.29, 0.717) is 0 Å². The average Bonchev–Trinajstić information content (AvgIpc) is 2.36. The van der Waals surface area contributed by atoms with Crippen molar-refractivity contribution in [2.24, 2.45) is 0 Å². The van der Waals surface area contributed by atoms with Crippen LogP contribution in [-0.4, -0.2) is 51.6 Å². The van der Waals surface area contributed by atoms with Crippen LogP contribution in [0.2, 0.25) is 5.15 Å². The number of amides is 1. The normalized spacial score (nSPS) is 11.3. The van der Waals surface area contributed by atoms with Crippen LogP contribution in [0, 0.1) is 0 Å². The number of carbonyl (C=O) groups excluding carboxylic acids is 1. The highest BCUT2D eigenvalue weighted by atomic mass is 35.5. The lowest BCUT2D eigenvalue weighted by molar-refractivity contribution is 0.0375. The van der Waals surface area contributed by atoms with Gasteiger partial charge in [0.1, 0.15) is 10.7 Å². The molecule has 1 heterocycles. The number of aromatic nitrogens is 1. The number of nitrogens with zero attached hydrogens (tertiary/aromatic N) is 1. The summed E-state index contributed by atoms with van der Waals surface area (Å²) in [5.41, 5.74) is -1.37. The lowest BCUT2D eigenvalue weighted by atomic mass is 10.0. The van der Waals surface area contributed by atoms with Crippen molar-refractivity contribution in [2.45, 2.75) is 5.54 Å². The molecule has 1 aromatic rings. The van der Waals surface area contributed by atoms with Crippen LogP contribution >= 0.6 is 11.6 Å². The van der Waals surface area contributed by atoms with E-state index in [-0.39, 0.29) is 10.7 Å². The molecule has 0 aliphatic heterocycles. The number of hydrogen-bond donors (Lipinski definition) is 4. The third-order valence-electron chi connectivity index (χ3n) is 2.29. The van der Waals surface area contributed by atoms with E-state index in [1.165, 1.54) is 18.3 Å². The van der Waals surface area contributed by atoms with Gasteiger partial charge in [-0.05, 0) is 12.1 Å². The number of aliphatic hydroxyl groups is 3. The maximum atomic E-state index is 11.8. The number of aliphatic hydroxyl groups excluding tert-OH is 3. The van der Waals surface area contributed by atoms with Gasteiger partial charge in [0.2, 0.25) is 0 Å². The number of rotatable bonds is 5. The van der Waals surface area contributed by atoms with E-state index in [1.54, 1.807) is 0 Å². The largest absolute Gasteiger partial charge is 0.394 e. The SMILES string of the molecule is O=C(NC(CO)(CO)CO)c1cccnc1Cl. The first-order valence-corrected chi connectivity index (χ1v) is 5.22. The third-order valence-corrected chi connectivity index (χ3v) is 2.59. The molecule has 4 N–H and O–H groups in total. The van der Waals surface area contributed by atoms with Crippen LogP contribution in [0.5, 0.6) is 0 Å². The van der Waals surface area contributed by atoms with Crippen molar-refractivity contribution in [1.29, 1.82) is 0 Å². The maximum Gasteiger partial charge on any atom is 0.255 e. The zero-order valence-electron chi connectivity index (χ0n) is 8.93. The highest BCUT2D eigenvalue weighted by Crippen LogP contribution is 2.13. The molecule has 17 heavy (non-hydrogen) atoms. The van der Waals surface area contributed by atoms with Crippen molar-refractivity contribution in [1.82, 2.24) is 10.3 Å². The van der Waals surface area contributed by atoms with Gasteiger partial charge < -0.3 is 20.6 Å². The average molecular weight is 261 g/mol. The molecule has 1 aromatic heterocycles. The first-order chi connectivity index (χ1) is 8.08. The summed E-state index contributed by atoms with van der Waals surface area (Å²) < 4.78 is 0. The quantitative estimate of drug-likeness (QED) is 0.518. The van der Waals surface area contributed by atoms with Gasteiger partial charge in [0.05, 0.1) is 25.4 Å². The topological polar surface area (TPSA) is 103 Å². The lowest BCUT2D eigenvalue weighted by Gasteiger charge is -2.28. The fourth-order valence-electron chi connectivity index (χ4n) is 1.13. The van der Waals surface area contributed by atoms with Crippen LogP contribution in [0.15, 0.2) is 18.3 Å². The van der Waals surface area contributed by atoms with Gasteiger partial charge in [0.25, 0.3) is 5.91 Å². The van der Waals surface area contributed by atoms with Crippen molar-refractivity contribution in [3.8, 4) is 0 Å². The van der Waals surface area contributed by atoms with Gasteiger partial charge in [-0.1, -0.05) is 11.6 Å². The Morgan fingerprint density at radius 2 is 1.94 bits per heavy atom. The van der Waals surface area contributed by atoms with Crippen molar-refractivity contribution in [3.63, 3.8) is 0 Å². The van der Waals surface area contributed by atoms with E-state index >= 15 is 0 Å². The first kappa shape index (κ1) is 13.9. The molecule has 1 amide bonds. The zero-order valence-corrected chi connectivity index (χ0v) is 9.68. The van der Waals surface area contributed by atoms with Crippen molar-refractivity contribution in [2.75, 3.05) is 19.8 Å². The van der Waals surface area contributed by atoms with Gasteiger partial charge in [0.15, 0.2) is 0 Å². The second-order valence-electron chi connectivity index (χ2n) is 3.55. The molecule has 0 aliphatic rings. The Bertz CT molecular complexity index is 387. The molecule has 0 fully saturated rings. The fourth-order valence-corrected chi connectivity index (χ4v) is 1.34. The van der Waals surface area contributed by atoms with Gasteiger partial charge in [-0.3, -0.25) is 4.79 Å². The molecular weight excluding hydrogens is 248 g/mol. The molecule has 0 saturated carbocycles. The van der Waals surface area contributed by atoms with E-state index in [1.807, 2.05) is 0 Å². The van der Waals surface area contributed by atoms with Gasteiger partial charge in [0, 0.05) is 6.20 Å². The predicted molar refractivity (Wildman–Crippen MR) is 60.7 cm³/mol. The van der Waals surface area contributed by atoms with E-state index < -0.39 is 31.3 Å². The summed E-state index contributed by atoms with van der Waals surface area (Å²) in [5, 5.41) is 29.5. The molecule has 0 aliphatic carbocycles. The smallest absolute Gasteiger partial charge is 0.255 e. The highest BCUT2D eigenvalue weighted by Gasteiger charge is 2.30. The zero-order chi connectivity index (χ0) is 12.9. The lowest BCUT2D eigenvalue weighted by Crippen LogP contribution is -2.57. The number of carbonyl (C=O) groups is 1. The van der Waals surface area contributed by atoms with Gasteiger partial charge in [-0.2, -0.15) is 0 Å². The van der Waals surface area contributed by atoms with E-state index in [2.05, 4.69) is 10.3 Å². The fraction of sp³-hybridized carbons (Fsp3) is 0.400. The second kappa shape index (κ2) is 5.92. The Hall–Kier alpha value is -1.21. The Balaban J connectivity index is 2.89. The molecule has 0 spiro atoms.